The van der Waals surface area contributed by atoms with Gasteiger partial charge in [-0.3, -0.25) is 4.99 Å². The van der Waals surface area contributed by atoms with Crippen LogP contribution in [0.15, 0.2) is 4.99 Å². The Kier molecular flexibility index (Phi) is 5.24. The Morgan fingerprint density at radius 2 is 1.96 bits per heavy atom. The molecular formula is C18H30F3N3O. The van der Waals surface area contributed by atoms with Gasteiger partial charge in [0.05, 0.1) is 12.0 Å². The molecule has 1 aliphatic heterocycles. The van der Waals surface area contributed by atoms with Crippen LogP contribution in [0.2, 0.25) is 0 Å². The summed E-state index contributed by atoms with van der Waals surface area (Å²) in [7, 11) is 0. The van der Waals surface area contributed by atoms with Crippen molar-refractivity contribution in [1.82, 2.24) is 10.6 Å². The zero-order chi connectivity index (χ0) is 18.2. The molecule has 0 aromatic heterocycles. The van der Waals surface area contributed by atoms with E-state index in [1.165, 1.54) is 0 Å². The van der Waals surface area contributed by atoms with E-state index in [1.807, 2.05) is 6.92 Å². The van der Waals surface area contributed by atoms with Gasteiger partial charge in [0.25, 0.3) is 0 Å². The van der Waals surface area contributed by atoms with Gasteiger partial charge in [-0.25, -0.2) is 0 Å². The van der Waals surface area contributed by atoms with E-state index in [2.05, 4.69) is 29.5 Å². The molecule has 1 heterocycles. The highest BCUT2D eigenvalue weighted by atomic mass is 19.4. The number of nitrogens with one attached hydrogen (secondary N) is 2. The van der Waals surface area contributed by atoms with Crippen LogP contribution in [0, 0.1) is 17.3 Å². The standard InChI is InChI=1S/C18H30F3N3O/c1-4-22-16(23-12-7-5-6-11(10-12)18(19,20)21)24-14-13-8-9-25-15(13)17(14,2)3/h11-15H,4-10H2,1-3H3,(H2,22,23,24). The summed E-state index contributed by atoms with van der Waals surface area (Å²) in [5.41, 5.74) is 0.0123. The van der Waals surface area contributed by atoms with Gasteiger partial charge in [0.2, 0.25) is 0 Å². The molecule has 3 rings (SSSR count). The van der Waals surface area contributed by atoms with Crippen molar-refractivity contribution in [3.63, 3.8) is 0 Å². The molecule has 1 saturated heterocycles. The van der Waals surface area contributed by atoms with Gasteiger partial charge in [-0.2, -0.15) is 13.2 Å². The maximum absolute atomic E-state index is 13.0. The number of hydrogen-bond donors (Lipinski definition) is 2. The zero-order valence-corrected chi connectivity index (χ0v) is 15.3. The van der Waals surface area contributed by atoms with Crippen molar-refractivity contribution in [3.8, 4) is 0 Å². The van der Waals surface area contributed by atoms with Gasteiger partial charge in [0, 0.05) is 36.6 Å². The highest BCUT2D eigenvalue weighted by Crippen LogP contribution is 2.52. The fraction of sp³-hybridized carbons (Fsp3) is 0.944. The Hall–Kier alpha value is -0.980. The summed E-state index contributed by atoms with van der Waals surface area (Å²) < 4.78 is 44.9. The van der Waals surface area contributed by atoms with Crippen molar-refractivity contribution in [2.24, 2.45) is 22.2 Å². The zero-order valence-electron chi connectivity index (χ0n) is 15.3. The number of alkyl halides is 3. The molecule has 5 atom stereocenters. The smallest absolute Gasteiger partial charge is 0.377 e. The van der Waals surface area contributed by atoms with Gasteiger partial charge in [0.15, 0.2) is 5.96 Å². The molecule has 2 aliphatic carbocycles. The molecule has 0 radical (unpaired) electrons. The van der Waals surface area contributed by atoms with Gasteiger partial charge < -0.3 is 15.4 Å². The monoisotopic (exact) mass is 361 g/mol. The van der Waals surface area contributed by atoms with E-state index in [1.54, 1.807) is 0 Å². The molecule has 7 heteroatoms. The van der Waals surface area contributed by atoms with Crippen molar-refractivity contribution in [3.05, 3.63) is 0 Å². The Labute approximate surface area is 148 Å². The van der Waals surface area contributed by atoms with Crippen LogP contribution >= 0.6 is 0 Å². The van der Waals surface area contributed by atoms with Crippen LogP contribution in [0.4, 0.5) is 13.2 Å². The maximum Gasteiger partial charge on any atom is 0.391 e. The number of fused-ring (bicyclic) bond motifs is 1. The van der Waals surface area contributed by atoms with E-state index in [9.17, 15) is 13.2 Å². The van der Waals surface area contributed by atoms with Crippen molar-refractivity contribution >= 4 is 5.96 Å². The first-order chi connectivity index (χ1) is 11.7. The quantitative estimate of drug-likeness (QED) is 0.598. The normalized spacial score (nSPS) is 38.0. The third-order valence-electron chi connectivity index (χ3n) is 6.19. The average molecular weight is 361 g/mol. The molecule has 0 aromatic rings. The largest absolute Gasteiger partial charge is 0.391 e. The number of nitrogens with zero attached hydrogens (tertiary/aromatic N) is 1. The summed E-state index contributed by atoms with van der Waals surface area (Å²) in [5, 5.41) is 6.77. The lowest BCUT2D eigenvalue weighted by atomic mass is 9.57. The Morgan fingerprint density at radius 3 is 2.64 bits per heavy atom. The summed E-state index contributed by atoms with van der Waals surface area (Å²) in [4.78, 5) is 4.48. The van der Waals surface area contributed by atoms with Crippen LogP contribution in [-0.4, -0.2) is 43.5 Å². The molecule has 3 aliphatic rings. The van der Waals surface area contributed by atoms with Crippen LogP contribution in [0.3, 0.4) is 0 Å². The van der Waals surface area contributed by atoms with Crippen molar-refractivity contribution in [2.45, 2.75) is 77.2 Å². The van der Waals surface area contributed by atoms with Crippen LogP contribution < -0.4 is 10.6 Å². The lowest BCUT2D eigenvalue weighted by molar-refractivity contribution is -0.183. The van der Waals surface area contributed by atoms with Gasteiger partial charge in [0.1, 0.15) is 0 Å². The molecule has 2 saturated carbocycles. The first-order valence-electron chi connectivity index (χ1n) is 9.49. The predicted octanol–water partition coefficient (Wildman–Crippen LogP) is 3.48. The fourth-order valence-corrected chi connectivity index (χ4v) is 4.87. The van der Waals surface area contributed by atoms with Gasteiger partial charge in [-0.1, -0.05) is 20.3 Å². The lowest BCUT2D eigenvalue weighted by Crippen LogP contribution is -2.68. The van der Waals surface area contributed by atoms with Crippen molar-refractivity contribution in [2.75, 3.05) is 13.2 Å². The number of aliphatic imine (C=N–C) groups is 1. The number of ether oxygens (including phenoxy) is 1. The third kappa shape index (κ3) is 3.76. The topological polar surface area (TPSA) is 45.7 Å². The third-order valence-corrected chi connectivity index (χ3v) is 6.19. The summed E-state index contributed by atoms with van der Waals surface area (Å²) in [6.07, 6.45) is -1.04. The Balaban J connectivity index is 1.61. The summed E-state index contributed by atoms with van der Waals surface area (Å²) in [6.45, 7) is 7.70. The molecule has 3 fully saturated rings. The Morgan fingerprint density at radius 1 is 1.20 bits per heavy atom. The van der Waals surface area contributed by atoms with Gasteiger partial charge >= 0.3 is 6.18 Å². The minimum Gasteiger partial charge on any atom is -0.377 e. The molecule has 4 nitrogen and oxygen atoms in total. The highest BCUT2D eigenvalue weighted by Gasteiger charge is 2.59. The molecule has 0 spiro atoms. The lowest BCUT2D eigenvalue weighted by Gasteiger charge is -2.55. The number of hydrogen-bond acceptors (Lipinski definition) is 2. The minimum atomic E-state index is -4.10. The fourth-order valence-electron chi connectivity index (χ4n) is 4.87. The highest BCUT2D eigenvalue weighted by molar-refractivity contribution is 5.80. The van der Waals surface area contributed by atoms with Crippen LogP contribution in [0.5, 0.6) is 0 Å². The van der Waals surface area contributed by atoms with Crippen molar-refractivity contribution in [1.29, 1.82) is 0 Å². The summed E-state index contributed by atoms with van der Waals surface area (Å²) in [6, 6.07) is 0.0804. The molecule has 144 valence electrons. The van der Waals surface area contributed by atoms with E-state index in [4.69, 9.17) is 4.74 Å². The minimum absolute atomic E-state index is 0.0123. The second-order valence-corrected chi connectivity index (χ2v) is 8.26. The van der Waals surface area contributed by atoms with E-state index in [0.717, 1.165) is 19.4 Å². The van der Waals surface area contributed by atoms with Crippen LogP contribution in [0.1, 0.15) is 52.9 Å². The van der Waals surface area contributed by atoms with Crippen molar-refractivity contribution < 1.29 is 17.9 Å². The molecule has 25 heavy (non-hydrogen) atoms. The molecule has 2 N–H and O–H groups in total. The van der Waals surface area contributed by atoms with E-state index in [0.29, 0.717) is 24.8 Å². The molecular weight excluding hydrogens is 331 g/mol. The number of rotatable bonds is 3. The van der Waals surface area contributed by atoms with E-state index >= 15 is 0 Å². The molecule has 5 unspecified atom stereocenters. The first-order valence-corrected chi connectivity index (χ1v) is 9.49. The van der Waals surface area contributed by atoms with Crippen LogP contribution in [0.25, 0.3) is 0 Å². The average Bonchev–Trinajstić information content (AvgIpc) is 2.99. The number of guanidine groups is 1. The van der Waals surface area contributed by atoms with Gasteiger partial charge in [-0.15, -0.1) is 0 Å². The first kappa shape index (κ1) is 18.8. The maximum atomic E-state index is 13.0. The number of halogens is 3. The van der Waals surface area contributed by atoms with E-state index in [-0.39, 0.29) is 36.4 Å². The molecule has 0 aromatic carbocycles. The second-order valence-electron chi connectivity index (χ2n) is 8.26. The van der Waals surface area contributed by atoms with E-state index < -0.39 is 12.1 Å². The SMILES string of the molecule is CCN=C(NC1CCCC(C(F)(F)F)C1)NC1C2CCOC2C1(C)C. The second kappa shape index (κ2) is 6.97. The predicted molar refractivity (Wildman–Crippen MR) is 91.5 cm³/mol. The Bertz CT molecular complexity index is 506. The van der Waals surface area contributed by atoms with Gasteiger partial charge in [-0.05, 0) is 32.6 Å². The summed E-state index contributed by atoms with van der Waals surface area (Å²) >= 11 is 0. The molecule has 0 bridgehead atoms. The molecule has 0 amide bonds. The summed E-state index contributed by atoms with van der Waals surface area (Å²) in [5.74, 6) is -0.0822. The van der Waals surface area contributed by atoms with Crippen LogP contribution in [-0.2, 0) is 4.74 Å².